The van der Waals surface area contributed by atoms with Crippen LogP contribution in [0.15, 0.2) is 42.5 Å². The first-order valence-corrected chi connectivity index (χ1v) is 5.98. The van der Waals surface area contributed by atoms with Crippen molar-refractivity contribution in [2.45, 2.75) is 13.0 Å². The molecule has 1 atom stereocenters. The number of ether oxygens (including phenoxy) is 1. The van der Waals surface area contributed by atoms with Crippen LogP contribution in [0.1, 0.15) is 28.4 Å². The van der Waals surface area contributed by atoms with Crippen LogP contribution in [0.4, 0.5) is 0 Å². The number of methoxy groups -OCH3 is 1. The molecule has 0 saturated heterocycles. The monoisotopic (exact) mass is 253 g/mol. The number of aryl methyl sites for hydroxylation is 1. The van der Waals surface area contributed by atoms with Crippen LogP contribution in [0.5, 0.6) is 5.75 Å². The van der Waals surface area contributed by atoms with Gasteiger partial charge in [0.25, 0.3) is 0 Å². The number of aliphatic hydroxyl groups excluding tert-OH is 1. The van der Waals surface area contributed by atoms with E-state index in [1.54, 1.807) is 31.4 Å². The first-order valence-electron chi connectivity index (χ1n) is 5.98. The van der Waals surface area contributed by atoms with E-state index in [4.69, 9.17) is 10.00 Å². The molecule has 0 saturated carbocycles. The van der Waals surface area contributed by atoms with E-state index in [1.165, 1.54) is 0 Å². The van der Waals surface area contributed by atoms with Gasteiger partial charge in [0.15, 0.2) is 0 Å². The quantitative estimate of drug-likeness (QED) is 0.915. The molecule has 2 aromatic carbocycles. The van der Waals surface area contributed by atoms with Crippen molar-refractivity contribution in [1.29, 1.82) is 5.26 Å². The van der Waals surface area contributed by atoms with Crippen LogP contribution >= 0.6 is 0 Å². The summed E-state index contributed by atoms with van der Waals surface area (Å²) in [5, 5.41) is 19.1. The fraction of sp³-hybridized carbons (Fsp3) is 0.188. The van der Waals surface area contributed by atoms with Gasteiger partial charge in [0.2, 0.25) is 0 Å². The molecule has 19 heavy (non-hydrogen) atoms. The Balaban J connectivity index is 2.32. The number of nitriles is 1. The van der Waals surface area contributed by atoms with E-state index in [9.17, 15) is 5.11 Å². The van der Waals surface area contributed by atoms with Crippen molar-refractivity contribution < 1.29 is 9.84 Å². The molecule has 96 valence electrons. The molecule has 0 spiro atoms. The normalized spacial score (nSPS) is 11.7. The van der Waals surface area contributed by atoms with Crippen molar-refractivity contribution in [3.05, 3.63) is 64.7 Å². The van der Waals surface area contributed by atoms with Crippen LogP contribution in [0.2, 0.25) is 0 Å². The van der Waals surface area contributed by atoms with Crippen LogP contribution in [0.25, 0.3) is 0 Å². The molecule has 0 aliphatic carbocycles. The highest BCUT2D eigenvalue weighted by Gasteiger charge is 2.13. The lowest BCUT2D eigenvalue weighted by Gasteiger charge is -2.15. The van der Waals surface area contributed by atoms with Crippen LogP contribution < -0.4 is 4.74 Å². The largest absolute Gasteiger partial charge is 0.497 e. The second kappa shape index (κ2) is 5.55. The van der Waals surface area contributed by atoms with Gasteiger partial charge < -0.3 is 9.84 Å². The second-order valence-electron chi connectivity index (χ2n) is 4.36. The molecule has 0 radical (unpaired) electrons. The fourth-order valence-corrected chi connectivity index (χ4v) is 2.00. The number of hydrogen-bond donors (Lipinski definition) is 1. The Kier molecular flexibility index (Phi) is 3.84. The molecule has 0 aliphatic heterocycles. The Morgan fingerprint density at radius 1 is 1.16 bits per heavy atom. The Hall–Kier alpha value is -2.31. The van der Waals surface area contributed by atoms with Gasteiger partial charge >= 0.3 is 0 Å². The van der Waals surface area contributed by atoms with E-state index in [0.29, 0.717) is 5.56 Å². The zero-order chi connectivity index (χ0) is 13.8. The summed E-state index contributed by atoms with van der Waals surface area (Å²) in [6.07, 6.45) is -0.696. The summed E-state index contributed by atoms with van der Waals surface area (Å²) in [4.78, 5) is 0. The summed E-state index contributed by atoms with van der Waals surface area (Å²) in [6.45, 7) is 1.94. The molecular formula is C16H15NO2. The third-order valence-electron chi connectivity index (χ3n) is 3.13. The van der Waals surface area contributed by atoms with Crippen LogP contribution in [-0.2, 0) is 0 Å². The van der Waals surface area contributed by atoms with E-state index < -0.39 is 6.10 Å². The van der Waals surface area contributed by atoms with Crippen molar-refractivity contribution in [3.8, 4) is 11.8 Å². The van der Waals surface area contributed by atoms with E-state index in [2.05, 4.69) is 6.07 Å². The molecule has 0 heterocycles. The summed E-state index contributed by atoms with van der Waals surface area (Å²) in [6, 6.07) is 14.6. The van der Waals surface area contributed by atoms with Crippen molar-refractivity contribution >= 4 is 0 Å². The molecule has 0 bridgehead atoms. The maximum atomic E-state index is 10.4. The number of hydrogen-bond acceptors (Lipinski definition) is 3. The highest BCUT2D eigenvalue weighted by atomic mass is 16.5. The van der Waals surface area contributed by atoms with Gasteiger partial charge in [-0.2, -0.15) is 5.26 Å². The topological polar surface area (TPSA) is 53.2 Å². The minimum atomic E-state index is -0.696. The molecule has 2 rings (SSSR count). The first-order chi connectivity index (χ1) is 9.15. The minimum absolute atomic E-state index is 0.586. The molecule has 0 aromatic heterocycles. The lowest BCUT2D eigenvalue weighted by molar-refractivity contribution is 0.219. The standard InChI is InChI=1S/C16H15NO2/c1-11-9-14(19-2)7-8-15(11)16(18)13-5-3-12(10-17)4-6-13/h3-9,16,18H,1-2H3. The SMILES string of the molecule is COc1ccc(C(O)c2ccc(C#N)cc2)c(C)c1. The average molecular weight is 253 g/mol. The minimum Gasteiger partial charge on any atom is -0.497 e. The lowest BCUT2D eigenvalue weighted by Crippen LogP contribution is -2.02. The van der Waals surface area contributed by atoms with Crippen LogP contribution in [0, 0.1) is 18.3 Å². The predicted molar refractivity (Wildman–Crippen MR) is 72.9 cm³/mol. The lowest BCUT2D eigenvalue weighted by atomic mass is 9.97. The zero-order valence-corrected chi connectivity index (χ0v) is 10.9. The van der Waals surface area contributed by atoms with Gasteiger partial charge in [0.1, 0.15) is 11.9 Å². The van der Waals surface area contributed by atoms with E-state index >= 15 is 0 Å². The van der Waals surface area contributed by atoms with Gasteiger partial charge in [-0.25, -0.2) is 0 Å². The van der Waals surface area contributed by atoms with Crippen molar-refractivity contribution in [3.63, 3.8) is 0 Å². The third-order valence-corrected chi connectivity index (χ3v) is 3.13. The van der Waals surface area contributed by atoms with Crippen LogP contribution in [0.3, 0.4) is 0 Å². The number of rotatable bonds is 3. The van der Waals surface area contributed by atoms with Crippen molar-refractivity contribution in [2.24, 2.45) is 0 Å². The molecule has 0 aliphatic rings. The van der Waals surface area contributed by atoms with Crippen molar-refractivity contribution in [1.82, 2.24) is 0 Å². The molecular weight excluding hydrogens is 238 g/mol. The average Bonchev–Trinajstić information content (AvgIpc) is 2.46. The number of aliphatic hydroxyl groups is 1. The molecule has 3 heteroatoms. The van der Waals surface area contributed by atoms with Crippen molar-refractivity contribution in [2.75, 3.05) is 7.11 Å². The Labute approximate surface area is 112 Å². The molecule has 3 nitrogen and oxygen atoms in total. The highest BCUT2D eigenvalue weighted by molar-refractivity contribution is 5.41. The first kappa shape index (κ1) is 13.1. The van der Waals surface area contributed by atoms with Gasteiger partial charge in [-0.05, 0) is 47.9 Å². The summed E-state index contributed by atoms with van der Waals surface area (Å²) >= 11 is 0. The Bertz CT molecular complexity index is 612. The van der Waals surface area contributed by atoms with Gasteiger partial charge in [0.05, 0.1) is 18.7 Å². The summed E-state index contributed by atoms with van der Waals surface area (Å²) in [5.74, 6) is 0.772. The molecule has 0 fully saturated rings. The molecule has 1 unspecified atom stereocenters. The van der Waals surface area contributed by atoms with E-state index in [0.717, 1.165) is 22.4 Å². The smallest absolute Gasteiger partial charge is 0.119 e. The second-order valence-corrected chi connectivity index (χ2v) is 4.36. The third kappa shape index (κ3) is 2.75. The van der Waals surface area contributed by atoms with Gasteiger partial charge in [-0.3, -0.25) is 0 Å². The van der Waals surface area contributed by atoms with Gasteiger partial charge in [-0.1, -0.05) is 18.2 Å². The number of nitrogens with zero attached hydrogens (tertiary/aromatic N) is 1. The Morgan fingerprint density at radius 2 is 1.84 bits per heavy atom. The number of benzene rings is 2. The summed E-state index contributed by atoms with van der Waals surface area (Å²) in [7, 11) is 1.62. The molecule has 2 aromatic rings. The summed E-state index contributed by atoms with van der Waals surface area (Å²) < 4.78 is 5.15. The Morgan fingerprint density at radius 3 is 2.37 bits per heavy atom. The fourth-order valence-electron chi connectivity index (χ4n) is 2.00. The zero-order valence-electron chi connectivity index (χ0n) is 10.9. The maximum absolute atomic E-state index is 10.4. The maximum Gasteiger partial charge on any atom is 0.119 e. The van der Waals surface area contributed by atoms with Crippen LogP contribution in [-0.4, -0.2) is 12.2 Å². The van der Waals surface area contributed by atoms with E-state index in [-0.39, 0.29) is 0 Å². The summed E-state index contributed by atoms with van der Waals surface area (Å²) in [5.41, 5.74) is 3.16. The molecule has 0 amide bonds. The highest BCUT2D eigenvalue weighted by Crippen LogP contribution is 2.27. The predicted octanol–water partition coefficient (Wildman–Crippen LogP) is 2.96. The van der Waals surface area contributed by atoms with Gasteiger partial charge in [-0.15, -0.1) is 0 Å². The van der Waals surface area contributed by atoms with E-state index in [1.807, 2.05) is 25.1 Å². The molecule has 1 N–H and O–H groups in total. The van der Waals surface area contributed by atoms with Gasteiger partial charge in [0, 0.05) is 0 Å².